The topological polar surface area (TPSA) is 61.8 Å². The number of nitrogens with zero attached hydrogens (tertiary/aromatic N) is 1. The summed E-state index contributed by atoms with van der Waals surface area (Å²) >= 11 is 0. The third kappa shape index (κ3) is 5.69. The van der Waals surface area contributed by atoms with Gasteiger partial charge in [0.1, 0.15) is 0 Å². The number of carboxylic acids is 1. The molecule has 1 heterocycles. The van der Waals surface area contributed by atoms with Crippen molar-refractivity contribution < 1.29 is 19.0 Å². The highest BCUT2D eigenvalue weighted by molar-refractivity contribution is 5.91. The molecule has 4 rings (SSSR count). The van der Waals surface area contributed by atoms with Gasteiger partial charge < -0.3 is 20.1 Å². The fourth-order valence-electron chi connectivity index (χ4n) is 4.47. The Morgan fingerprint density at radius 1 is 1.18 bits per heavy atom. The van der Waals surface area contributed by atoms with Crippen LogP contribution in [0, 0.1) is 18.7 Å². The van der Waals surface area contributed by atoms with Gasteiger partial charge in [-0.25, -0.2) is 9.18 Å². The van der Waals surface area contributed by atoms with Crippen LogP contribution >= 0.6 is 12.4 Å². The summed E-state index contributed by atoms with van der Waals surface area (Å²) in [5, 5.41) is 13.1. The lowest BCUT2D eigenvalue weighted by Gasteiger charge is -2.36. The number of methoxy groups -OCH3 is 1. The molecule has 0 saturated heterocycles. The Bertz CT molecular complexity index is 1150. The maximum absolute atomic E-state index is 13.6. The van der Waals surface area contributed by atoms with E-state index in [0.29, 0.717) is 11.5 Å². The van der Waals surface area contributed by atoms with E-state index in [1.165, 1.54) is 18.7 Å². The second-order valence-corrected chi connectivity index (χ2v) is 8.54. The molecule has 0 aliphatic carbocycles. The molecule has 1 atom stereocenters. The van der Waals surface area contributed by atoms with Crippen molar-refractivity contribution in [2.24, 2.45) is 5.92 Å². The predicted octanol–water partition coefficient (Wildman–Crippen LogP) is 5.41. The molecule has 0 amide bonds. The molecule has 0 fully saturated rings. The fourth-order valence-corrected chi connectivity index (χ4v) is 4.47. The van der Waals surface area contributed by atoms with E-state index in [0.717, 1.165) is 55.0 Å². The summed E-state index contributed by atoms with van der Waals surface area (Å²) in [5.41, 5.74) is 5.40. The zero-order valence-corrected chi connectivity index (χ0v) is 20.2. The number of ether oxygens (including phenoxy) is 1. The summed E-state index contributed by atoms with van der Waals surface area (Å²) in [6, 6.07) is 18.9. The molecule has 0 aromatic heterocycles. The number of anilines is 2. The van der Waals surface area contributed by atoms with Gasteiger partial charge in [-0.2, -0.15) is 0 Å². The molecule has 0 spiro atoms. The Morgan fingerprint density at radius 3 is 2.74 bits per heavy atom. The molecule has 1 aliphatic rings. The van der Waals surface area contributed by atoms with Crippen molar-refractivity contribution in [1.82, 2.24) is 5.32 Å². The molecule has 3 aromatic rings. The van der Waals surface area contributed by atoms with E-state index in [-0.39, 0.29) is 24.0 Å². The van der Waals surface area contributed by atoms with Crippen LogP contribution in [0.15, 0.2) is 60.7 Å². The van der Waals surface area contributed by atoms with Crippen molar-refractivity contribution in [2.45, 2.75) is 19.8 Å². The maximum Gasteiger partial charge on any atom is 0.336 e. The molecule has 180 valence electrons. The summed E-state index contributed by atoms with van der Waals surface area (Å²) in [7, 11) is 1.47. The highest BCUT2D eigenvalue weighted by Gasteiger charge is 2.25. The van der Waals surface area contributed by atoms with E-state index in [2.05, 4.69) is 22.3 Å². The van der Waals surface area contributed by atoms with Crippen LogP contribution in [0.25, 0.3) is 0 Å². The number of hydrogen-bond donors (Lipinski definition) is 2. The first-order valence-corrected chi connectivity index (χ1v) is 11.2. The molecule has 1 unspecified atom stereocenters. The van der Waals surface area contributed by atoms with E-state index in [1.807, 2.05) is 31.2 Å². The lowest BCUT2D eigenvalue weighted by molar-refractivity contribution is 0.0696. The van der Waals surface area contributed by atoms with Gasteiger partial charge in [-0.1, -0.05) is 30.3 Å². The van der Waals surface area contributed by atoms with E-state index in [4.69, 9.17) is 4.74 Å². The first-order valence-electron chi connectivity index (χ1n) is 11.2. The smallest absolute Gasteiger partial charge is 0.336 e. The number of rotatable bonds is 8. The van der Waals surface area contributed by atoms with Crippen molar-refractivity contribution in [3.63, 3.8) is 0 Å². The first-order chi connectivity index (χ1) is 16.0. The third-order valence-corrected chi connectivity index (χ3v) is 6.23. The zero-order valence-electron chi connectivity index (χ0n) is 19.4. The number of carboxylic acid groups (broad SMARTS) is 1. The Balaban J connectivity index is 0.00000324. The number of carbonyl (C=O) groups is 1. The number of hydrogen-bond acceptors (Lipinski definition) is 4. The second-order valence-electron chi connectivity index (χ2n) is 8.54. The Hall–Kier alpha value is -3.09. The average Bonchev–Trinajstić information content (AvgIpc) is 2.82. The molecule has 3 aromatic carbocycles. The lowest BCUT2D eigenvalue weighted by atomic mass is 9.91. The molecule has 5 nitrogen and oxygen atoms in total. The number of para-hydroxylation sites is 1. The average molecular weight is 485 g/mol. The van der Waals surface area contributed by atoms with Crippen molar-refractivity contribution in [2.75, 3.05) is 31.6 Å². The summed E-state index contributed by atoms with van der Waals surface area (Å²) in [5.74, 6) is -0.615. The van der Waals surface area contributed by atoms with Gasteiger partial charge in [0, 0.05) is 17.9 Å². The number of aromatic carboxylic acids is 1. The summed E-state index contributed by atoms with van der Waals surface area (Å²) < 4.78 is 18.7. The Labute approximate surface area is 206 Å². The Morgan fingerprint density at radius 2 is 1.97 bits per heavy atom. The molecule has 1 aliphatic heterocycles. The minimum absolute atomic E-state index is 0. The van der Waals surface area contributed by atoms with Crippen LogP contribution in [0.2, 0.25) is 0 Å². The highest BCUT2D eigenvalue weighted by atomic mass is 35.5. The van der Waals surface area contributed by atoms with E-state index in [1.54, 1.807) is 18.2 Å². The van der Waals surface area contributed by atoms with Crippen molar-refractivity contribution >= 4 is 29.8 Å². The number of nitrogens with one attached hydrogen (secondary N) is 1. The molecule has 0 saturated carbocycles. The quantitative estimate of drug-likeness (QED) is 0.419. The first kappa shape index (κ1) is 25.5. The number of halogens is 2. The van der Waals surface area contributed by atoms with Gasteiger partial charge in [0.15, 0.2) is 11.6 Å². The van der Waals surface area contributed by atoms with Gasteiger partial charge in [0.2, 0.25) is 0 Å². The van der Waals surface area contributed by atoms with Crippen LogP contribution in [0.3, 0.4) is 0 Å². The largest absolute Gasteiger partial charge is 0.494 e. The van der Waals surface area contributed by atoms with Crippen LogP contribution in [-0.4, -0.2) is 37.8 Å². The van der Waals surface area contributed by atoms with Crippen LogP contribution in [-0.2, 0) is 12.8 Å². The molecule has 2 N–H and O–H groups in total. The molecular formula is C27H30ClFN2O3. The van der Waals surface area contributed by atoms with Gasteiger partial charge in [-0.05, 0) is 85.8 Å². The monoisotopic (exact) mass is 484 g/mol. The van der Waals surface area contributed by atoms with Gasteiger partial charge >= 0.3 is 5.97 Å². The normalized spacial score (nSPS) is 14.8. The summed E-state index contributed by atoms with van der Waals surface area (Å²) in [6.45, 7) is 4.23. The van der Waals surface area contributed by atoms with Crippen molar-refractivity contribution in [3.8, 4) is 5.75 Å². The maximum atomic E-state index is 13.6. The van der Waals surface area contributed by atoms with Gasteiger partial charge in [-0.3, -0.25) is 0 Å². The standard InChI is InChI=1S/C27H29FN2O3.ClH/c1-18-7-9-22(15-23(18)27(31)32)30-17-20(13-21-5-3-4-6-25(21)30)16-29-12-11-19-8-10-24(28)26(14-19)33-2;/h3-10,14-15,20,29H,11-13,16-17H2,1-2H3,(H,31,32);1H. The zero-order chi connectivity index (χ0) is 23.4. The van der Waals surface area contributed by atoms with Crippen molar-refractivity contribution in [1.29, 1.82) is 0 Å². The molecule has 7 heteroatoms. The van der Waals surface area contributed by atoms with E-state index < -0.39 is 5.97 Å². The summed E-state index contributed by atoms with van der Waals surface area (Å²) in [4.78, 5) is 13.9. The predicted molar refractivity (Wildman–Crippen MR) is 136 cm³/mol. The lowest BCUT2D eigenvalue weighted by Crippen LogP contribution is -2.38. The van der Waals surface area contributed by atoms with Gasteiger partial charge in [-0.15, -0.1) is 12.4 Å². The van der Waals surface area contributed by atoms with Gasteiger partial charge in [0.25, 0.3) is 0 Å². The third-order valence-electron chi connectivity index (χ3n) is 6.23. The van der Waals surface area contributed by atoms with Crippen LogP contribution in [0.5, 0.6) is 5.75 Å². The number of fused-ring (bicyclic) bond motifs is 1. The van der Waals surface area contributed by atoms with E-state index in [9.17, 15) is 14.3 Å². The number of aryl methyl sites for hydroxylation is 1. The number of benzene rings is 3. The van der Waals surface area contributed by atoms with E-state index >= 15 is 0 Å². The van der Waals surface area contributed by atoms with Crippen molar-refractivity contribution in [3.05, 3.63) is 88.7 Å². The fraction of sp³-hybridized carbons (Fsp3) is 0.296. The van der Waals surface area contributed by atoms with Crippen LogP contribution in [0.4, 0.5) is 15.8 Å². The molecule has 0 bridgehead atoms. The molecule has 0 radical (unpaired) electrons. The molecule has 34 heavy (non-hydrogen) atoms. The molecular weight excluding hydrogens is 455 g/mol. The van der Waals surface area contributed by atoms with Crippen LogP contribution < -0.4 is 15.0 Å². The highest BCUT2D eigenvalue weighted by Crippen LogP contribution is 2.36. The second kappa shape index (κ2) is 11.4. The van der Waals surface area contributed by atoms with Crippen LogP contribution in [0.1, 0.15) is 27.0 Å². The SMILES string of the molecule is COc1cc(CCNCC2Cc3ccccc3N(c3ccc(C)c(C(=O)O)c3)C2)ccc1F.Cl. The minimum Gasteiger partial charge on any atom is -0.494 e. The minimum atomic E-state index is -0.907. The van der Waals surface area contributed by atoms with Gasteiger partial charge in [0.05, 0.1) is 12.7 Å². The Kier molecular flexibility index (Phi) is 8.53. The summed E-state index contributed by atoms with van der Waals surface area (Å²) in [6.07, 6.45) is 1.74.